The van der Waals surface area contributed by atoms with Gasteiger partial charge in [-0.25, -0.2) is 0 Å². The number of alkyl halides is 1. The number of halogens is 2. The predicted molar refractivity (Wildman–Crippen MR) is 146 cm³/mol. The molecule has 0 heterocycles. The summed E-state index contributed by atoms with van der Waals surface area (Å²) in [5.41, 5.74) is 3.09. The van der Waals surface area contributed by atoms with Crippen molar-refractivity contribution >= 4 is 46.5 Å². The number of hydrogen-bond donors (Lipinski definition) is 1. The lowest BCUT2D eigenvalue weighted by Crippen LogP contribution is -2.28. The fourth-order valence-corrected chi connectivity index (χ4v) is 3.99. The van der Waals surface area contributed by atoms with Gasteiger partial charge < -0.3 is 14.8 Å². The van der Waals surface area contributed by atoms with Crippen LogP contribution >= 0.6 is 23.2 Å². The van der Waals surface area contributed by atoms with E-state index in [1.54, 1.807) is 48.5 Å². The molecule has 3 aromatic rings. The largest absolute Gasteiger partial charge is 0.457 e. The zero-order valence-corrected chi connectivity index (χ0v) is 22.3. The second-order valence-electron chi connectivity index (χ2n) is 8.58. The molecule has 1 N–H and O–H groups in total. The summed E-state index contributed by atoms with van der Waals surface area (Å²) in [7, 11) is 0. The molecule has 194 valence electrons. The zero-order chi connectivity index (χ0) is 26.8. The number of hydrogen-bond acceptors (Lipinski definition) is 5. The van der Waals surface area contributed by atoms with Crippen molar-refractivity contribution in [1.29, 1.82) is 0 Å². The van der Waals surface area contributed by atoms with Gasteiger partial charge in [0.1, 0.15) is 11.5 Å². The molecule has 0 aliphatic heterocycles. The number of rotatable bonds is 12. The molecule has 1 atom stereocenters. The molecule has 1 amide bonds. The molecule has 0 aliphatic rings. The molecule has 0 spiro atoms. The Morgan fingerprint density at radius 1 is 0.892 bits per heavy atom. The predicted octanol–water partition coefficient (Wildman–Crippen LogP) is 7.28. The number of aryl methyl sites for hydroxylation is 2. The van der Waals surface area contributed by atoms with E-state index in [1.807, 2.05) is 32.0 Å². The standard InChI is InChI=1S/C29H29Cl2NO5/c1-19-5-3-6-20(2)29(19)36-24-15-13-23(14-16-24)32-26(33)7-4-8-27(34)37-25(17-18-30)28(35)21-9-11-22(31)12-10-21/h3,5-6,9-16,25H,4,7-8,17-18H2,1-2H3,(H,32,33). The molecule has 37 heavy (non-hydrogen) atoms. The third-order valence-corrected chi connectivity index (χ3v) is 6.09. The van der Waals surface area contributed by atoms with Crippen molar-refractivity contribution in [2.75, 3.05) is 11.2 Å². The molecule has 3 rings (SSSR count). The minimum absolute atomic E-state index is 0.00264. The monoisotopic (exact) mass is 541 g/mol. The quantitative estimate of drug-likeness (QED) is 0.148. The topological polar surface area (TPSA) is 81.7 Å². The number of Topliss-reactive ketones (excluding diaryl/α,β-unsaturated/α-hetero) is 1. The van der Waals surface area contributed by atoms with Crippen molar-refractivity contribution in [2.24, 2.45) is 0 Å². The Kier molecular flexibility index (Phi) is 10.5. The van der Waals surface area contributed by atoms with Crippen LogP contribution in [0.3, 0.4) is 0 Å². The van der Waals surface area contributed by atoms with E-state index in [2.05, 4.69) is 5.32 Å². The minimum atomic E-state index is -0.982. The third-order valence-electron chi connectivity index (χ3n) is 5.62. The average molecular weight is 542 g/mol. The van der Waals surface area contributed by atoms with Gasteiger partial charge in [-0.15, -0.1) is 11.6 Å². The van der Waals surface area contributed by atoms with Crippen LogP contribution in [0.5, 0.6) is 11.5 Å². The lowest BCUT2D eigenvalue weighted by Gasteiger charge is -2.16. The fourth-order valence-electron chi connectivity index (χ4n) is 3.66. The second kappa shape index (κ2) is 13.8. The molecule has 0 saturated carbocycles. The Morgan fingerprint density at radius 2 is 1.54 bits per heavy atom. The van der Waals surface area contributed by atoms with Crippen LogP contribution in [0.15, 0.2) is 66.7 Å². The number of anilines is 1. The van der Waals surface area contributed by atoms with E-state index in [0.717, 1.165) is 16.9 Å². The first-order chi connectivity index (χ1) is 17.8. The highest BCUT2D eigenvalue weighted by Crippen LogP contribution is 2.29. The first-order valence-electron chi connectivity index (χ1n) is 12.0. The van der Waals surface area contributed by atoms with Gasteiger partial charge >= 0.3 is 5.97 Å². The summed E-state index contributed by atoms with van der Waals surface area (Å²) in [6.45, 7) is 3.98. The van der Waals surface area contributed by atoms with Crippen molar-refractivity contribution < 1.29 is 23.9 Å². The fraction of sp³-hybridized carbons (Fsp3) is 0.276. The van der Waals surface area contributed by atoms with Crippen molar-refractivity contribution in [3.8, 4) is 11.5 Å². The summed E-state index contributed by atoms with van der Waals surface area (Å²) >= 11 is 11.7. The number of ketones is 1. The van der Waals surface area contributed by atoms with Gasteiger partial charge in [0.05, 0.1) is 0 Å². The van der Waals surface area contributed by atoms with Crippen LogP contribution < -0.4 is 10.1 Å². The number of amides is 1. The first kappa shape index (κ1) is 28.2. The third kappa shape index (κ3) is 8.62. The number of para-hydroxylation sites is 1. The Bertz CT molecular complexity index is 1210. The second-order valence-corrected chi connectivity index (χ2v) is 9.39. The van der Waals surface area contributed by atoms with Crippen molar-refractivity contribution in [3.05, 3.63) is 88.4 Å². The highest BCUT2D eigenvalue weighted by atomic mass is 35.5. The summed E-state index contributed by atoms with van der Waals surface area (Å²) in [5.74, 6) is 0.512. The Labute approximate surface area is 226 Å². The van der Waals surface area contributed by atoms with E-state index >= 15 is 0 Å². The lowest BCUT2D eigenvalue weighted by molar-refractivity contribution is -0.147. The molecule has 1 unspecified atom stereocenters. The van der Waals surface area contributed by atoms with Crippen LogP contribution in [0.25, 0.3) is 0 Å². The first-order valence-corrected chi connectivity index (χ1v) is 12.9. The van der Waals surface area contributed by atoms with E-state index in [1.165, 1.54) is 0 Å². The highest BCUT2D eigenvalue weighted by Gasteiger charge is 2.23. The van der Waals surface area contributed by atoms with Gasteiger partial charge in [-0.3, -0.25) is 14.4 Å². The lowest BCUT2D eigenvalue weighted by atomic mass is 10.0. The number of esters is 1. The molecule has 3 aromatic carbocycles. The maximum Gasteiger partial charge on any atom is 0.306 e. The molecule has 6 nitrogen and oxygen atoms in total. The molecular weight excluding hydrogens is 513 g/mol. The molecule has 0 saturated heterocycles. The van der Waals surface area contributed by atoms with Gasteiger partial charge in [0.15, 0.2) is 6.10 Å². The van der Waals surface area contributed by atoms with Crippen molar-refractivity contribution in [3.63, 3.8) is 0 Å². The van der Waals surface area contributed by atoms with Crippen molar-refractivity contribution in [2.45, 2.75) is 45.6 Å². The Balaban J connectivity index is 1.44. The van der Waals surface area contributed by atoms with Crippen LogP contribution in [0.2, 0.25) is 5.02 Å². The van der Waals surface area contributed by atoms with Gasteiger partial charge in [-0.05, 0) is 79.9 Å². The minimum Gasteiger partial charge on any atom is -0.457 e. The Morgan fingerprint density at radius 3 is 2.16 bits per heavy atom. The van der Waals surface area contributed by atoms with E-state index in [0.29, 0.717) is 22.0 Å². The highest BCUT2D eigenvalue weighted by molar-refractivity contribution is 6.30. The van der Waals surface area contributed by atoms with Crippen LogP contribution in [0.1, 0.15) is 47.2 Å². The number of ether oxygens (including phenoxy) is 2. The van der Waals surface area contributed by atoms with Gasteiger partial charge in [0, 0.05) is 41.4 Å². The van der Waals surface area contributed by atoms with E-state index < -0.39 is 12.1 Å². The molecular formula is C29H29Cl2NO5. The zero-order valence-electron chi connectivity index (χ0n) is 20.8. The van der Waals surface area contributed by atoms with Crippen molar-refractivity contribution in [1.82, 2.24) is 0 Å². The maximum absolute atomic E-state index is 12.7. The molecule has 8 heteroatoms. The molecule has 0 radical (unpaired) electrons. The van der Waals surface area contributed by atoms with Crippen LogP contribution in [0.4, 0.5) is 5.69 Å². The summed E-state index contributed by atoms with van der Waals surface area (Å²) < 4.78 is 11.4. The van der Waals surface area contributed by atoms with Crippen LogP contribution in [-0.4, -0.2) is 29.6 Å². The maximum atomic E-state index is 12.7. The number of benzene rings is 3. The van der Waals surface area contributed by atoms with Gasteiger partial charge in [-0.1, -0.05) is 29.8 Å². The summed E-state index contributed by atoms with van der Waals surface area (Å²) in [6.07, 6.45) is -0.382. The molecule has 0 aliphatic carbocycles. The normalized spacial score (nSPS) is 11.5. The Hall–Kier alpha value is -3.35. The smallest absolute Gasteiger partial charge is 0.306 e. The van der Waals surface area contributed by atoms with E-state index in [4.69, 9.17) is 32.7 Å². The summed E-state index contributed by atoms with van der Waals surface area (Å²) in [6, 6.07) is 19.4. The van der Waals surface area contributed by atoms with Gasteiger partial charge in [0.25, 0.3) is 0 Å². The summed E-state index contributed by atoms with van der Waals surface area (Å²) in [5, 5.41) is 3.31. The average Bonchev–Trinajstić information content (AvgIpc) is 2.87. The molecule has 0 bridgehead atoms. The molecule has 0 aromatic heterocycles. The van der Waals surface area contributed by atoms with Gasteiger partial charge in [-0.2, -0.15) is 0 Å². The van der Waals surface area contributed by atoms with E-state index in [9.17, 15) is 14.4 Å². The number of nitrogens with one attached hydrogen (secondary N) is 1. The number of carbonyl (C=O) groups is 3. The van der Waals surface area contributed by atoms with Crippen LogP contribution in [-0.2, 0) is 14.3 Å². The van der Waals surface area contributed by atoms with Crippen LogP contribution in [0, 0.1) is 13.8 Å². The van der Waals surface area contributed by atoms with Gasteiger partial charge in [0.2, 0.25) is 11.7 Å². The number of carbonyl (C=O) groups excluding carboxylic acids is 3. The molecule has 0 fully saturated rings. The summed E-state index contributed by atoms with van der Waals surface area (Å²) in [4.78, 5) is 37.3. The SMILES string of the molecule is Cc1cccc(C)c1Oc1ccc(NC(=O)CCCC(=O)OC(CCCl)C(=O)c2ccc(Cl)cc2)cc1. The van der Waals surface area contributed by atoms with E-state index in [-0.39, 0.29) is 43.3 Å².